The first-order chi connectivity index (χ1) is 13.5. The van der Waals surface area contributed by atoms with Gasteiger partial charge in [0.2, 0.25) is 0 Å². The minimum absolute atomic E-state index is 0.240. The minimum Gasteiger partial charge on any atom is -0.393 e. The molecule has 6 heteroatoms. The van der Waals surface area contributed by atoms with Gasteiger partial charge in [-0.25, -0.2) is 0 Å². The van der Waals surface area contributed by atoms with Gasteiger partial charge in [0.25, 0.3) is 0 Å². The van der Waals surface area contributed by atoms with Crippen LogP contribution in [-0.4, -0.2) is 83.3 Å². The summed E-state index contributed by atoms with van der Waals surface area (Å²) in [6, 6.07) is 0. The zero-order valence-corrected chi connectivity index (χ0v) is 21.2. The lowest BCUT2D eigenvalue weighted by Crippen LogP contribution is -2.62. The van der Waals surface area contributed by atoms with Gasteiger partial charge in [-0.1, -0.05) is 62.3 Å². The molecule has 5 N–H and O–H groups in total. The molecule has 0 saturated carbocycles. The lowest BCUT2D eigenvalue weighted by Gasteiger charge is -2.50. The SMILES string of the molecule is CC(C)(C)C(O)CN1CCNCCNCC1(CC(O)C(C)(C)C)CC(O)C(C)(C)C. The van der Waals surface area contributed by atoms with E-state index in [1.807, 2.05) is 0 Å². The Morgan fingerprint density at radius 2 is 1.13 bits per heavy atom. The summed E-state index contributed by atoms with van der Waals surface area (Å²) >= 11 is 0. The number of rotatable bonds is 6. The quantitative estimate of drug-likeness (QED) is 0.445. The van der Waals surface area contributed by atoms with Gasteiger partial charge in [-0.15, -0.1) is 0 Å². The number of β-amino-alcohol motifs (C(OH)–C–C–N with tert-alkyl or cyclic N) is 1. The first-order valence-corrected chi connectivity index (χ1v) is 11.7. The maximum atomic E-state index is 11.1. The fourth-order valence-electron chi connectivity index (χ4n) is 3.77. The van der Waals surface area contributed by atoms with Crippen LogP contribution in [0.4, 0.5) is 0 Å². The predicted molar refractivity (Wildman–Crippen MR) is 126 cm³/mol. The Kier molecular flexibility index (Phi) is 9.81. The van der Waals surface area contributed by atoms with Gasteiger partial charge in [0.1, 0.15) is 0 Å². The van der Waals surface area contributed by atoms with E-state index >= 15 is 0 Å². The summed E-state index contributed by atoms with van der Waals surface area (Å²) in [5.41, 5.74) is -1.22. The van der Waals surface area contributed by atoms with E-state index in [1.165, 1.54) is 0 Å². The maximum absolute atomic E-state index is 11.1. The topological polar surface area (TPSA) is 88.0 Å². The molecule has 0 aromatic carbocycles. The van der Waals surface area contributed by atoms with Gasteiger partial charge in [0.15, 0.2) is 0 Å². The van der Waals surface area contributed by atoms with Gasteiger partial charge in [0, 0.05) is 44.8 Å². The Labute approximate surface area is 185 Å². The molecule has 6 nitrogen and oxygen atoms in total. The van der Waals surface area contributed by atoms with Gasteiger partial charge in [0.05, 0.1) is 18.3 Å². The van der Waals surface area contributed by atoms with Crippen LogP contribution in [0.25, 0.3) is 0 Å². The Morgan fingerprint density at radius 1 is 0.700 bits per heavy atom. The molecule has 0 radical (unpaired) electrons. The van der Waals surface area contributed by atoms with Crippen molar-refractivity contribution in [3.8, 4) is 0 Å². The lowest BCUT2D eigenvalue weighted by molar-refractivity contribution is -0.0749. The van der Waals surface area contributed by atoms with Crippen molar-refractivity contribution < 1.29 is 15.3 Å². The Hall–Kier alpha value is -0.240. The third-order valence-corrected chi connectivity index (χ3v) is 6.70. The van der Waals surface area contributed by atoms with E-state index in [2.05, 4.69) is 77.8 Å². The summed E-state index contributed by atoms with van der Waals surface area (Å²) in [4.78, 5) is 2.33. The highest BCUT2D eigenvalue weighted by molar-refractivity contribution is 5.01. The normalized spacial score (nSPS) is 26.4. The Bertz CT molecular complexity index is 483. The average molecular weight is 430 g/mol. The second kappa shape index (κ2) is 10.6. The summed E-state index contributed by atoms with van der Waals surface area (Å²) in [6.07, 6.45) is -0.443. The second-order valence-electron chi connectivity index (χ2n) is 12.7. The fourth-order valence-corrected chi connectivity index (χ4v) is 3.77. The molecule has 3 unspecified atom stereocenters. The van der Waals surface area contributed by atoms with E-state index in [-0.39, 0.29) is 16.2 Å². The summed E-state index contributed by atoms with van der Waals surface area (Å²) in [5.74, 6) is 0. The molecule has 3 atom stereocenters. The zero-order chi connectivity index (χ0) is 23.4. The van der Waals surface area contributed by atoms with Crippen LogP contribution in [0.3, 0.4) is 0 Å². The van der Waals surface area contributed by atoms with Crippen LogP contribution in [-0.2, 0) is 0 Å². The van der Waals surface area contributed by atoms with Crippen molar-refractivity contribution in [1.82, 2.24) is 15.5 Å². The molecular weight excluding hydrogens is 378 g/mol. The number of nitrogens with zero attached hydrogens (tertiary/aromatic N) is 1. The molecule has 0 spiro atoms. The van der Waals surface area contributed by atoms with Crippen molar-refractivity contribution in [3.63, 3.8) is 0 Å². The van der Waals surface area contributed by atoms with Gasteiger partial charge in [-0.2, -0.15) is 0 Å². The van der Waals surface area contributed by atoms with E-state index < -0.39 is 23.9 Å². The predicted octanol–water partition coefficient (Wildman–Crippen LogP) is 2.22. The summed E-state index contributed by atoms with van der Waals surface area (Å²) in [6.45, 7) is 23.0. The van der Waals surface area contributed by atoms with E-state index in [0.29, 0.717) is 25.9 Å². The summed E-state index contributed by atoms with van der Waals surface area (Å²) in [7, 11) is 0. The van der Waals surface area contributed by atoms with Gasteiger partial charge >= 0.3 is 0 Å². The van der Waals surface area contributed by atoms with Gasteiger partial charge in [-0.3, -0.25) is 4.90 Å². The second-order valence-corrected chi connectivity index (χ2v) is 12.7. The Balaban J connectivity index is 3.41. The van der Waals surface area contributed by atoms with Crippen molar-refractivity contribution in [2.75, 3.05) is 39.3 Å². The summed E-state index contributed by atoms with van der Waals surface area (Å²) < 4.78 is 0. The van der Waals surface area contributed by atoms with Crippen LogP contribution >= 0.6 is 0 Å². The molecule has 1 saturated heterocycles. The molecule has 0 amide bonds. The van der Waals surface area contributed by atoms with Gasteiger partial charge in [-0.05, 0) is 29.1 Å². The molecule has 30 heavy (non-hydrogen) atoms. The largest absolute Gasteiger partial charge is 0.393 e. The van der Waals surface area contributed by atoms with Crippen LogP contribution in [0, 0.1) is 16.2 Å². The van der Waals surface area contributed by atoms with Crippen LogP contribution in [0.2, 0.25) is 0 Å². The molecular formula is C24H51N3O3. The van der Waals surface area contributed by atoms with Crippen molar-refractivity contribution in [1.29, 1.82) is 0 Å². The number of aliphatic hydroxyl groups excluding tert-OH is 3. The highest BCUT2D eigenvalue weighted by Crippen LogP contribution is 2.37. The molecule has 0 aromatic rings. The minimum atomic E-state index is -0.519. The maximum Gasteiger partial charge on any atom is 0.0715 e. The molecule has 180 valence electrons. The first kappa shape index (κ1) is 27.8. The highest BCUT2D eigenvalue weighted by atomic mass is 16.3. The van der Waals surface area contributed by atoms with E-state index in [4.69, 9.17) is 0 Å². The third-order valence-electron chi connectivity index (χ3n) is 6.70. The molecule has 0 bridgehead atoms. The number of nitrogens with one attached hydrogen (secondary N) is 2. The molecule has 0 aliphatic carbocycles. The smallest absolute Gasteiger partial charge is 0.0715 e. The van der Waals surface area contributed by atoms with Crippen molar-refractivity contribution in [2.24, 2.45) is 16.2 Å². The van der Waals surface area contributed by atoms with Crippen LogP contribution < -0.4 is 10.6 Å². The highest BCUT2D eigenvalue weighted by Gasteiger charge is 2.45. The molecule has 1 rings (SSSR count). The molecule has 1 aliphatic rings. The van der Waals surface area contributed by atoms with E-state index in [9.17, 15) is 15.3 Å². The van der Waals surface area contributed by atoms with Crippen LogP contribution in [0.1, 0.15) is 75.2 Å². The average Bonchev–Trinajstić information content (AvgIpc) is 2.64. The van der Waals surface area contributed by atoms with Gasteiger partial charge < -0.3 is 26.0 Å². The molecule has 1 aliphatic heterocycles. The number of hydrogen-bond acceptors (Lipinski definition) is 6. The third kappa shape index (κ3) is 8.36. The van der Waals surface area contributed by atoms with E-state index in [1.54, 1.807) is 0 Å². The Morgan fingerprint density at radius 3 is 1.57 bits per heavy atom. The fraction of sp³-hybridized carbons (Fsp3) is 1.00. The molecule has 1 heterocycles. The van der Waals surface area contributed by atoms with Crippen molar-refractivity contribution in [2.45, 2.75) is 99.0 Å². The molecule has 0 aromatic heterocycles. The summed E-state index contributed by atoms with van der Waals surface area (Å²) in [5, 5.41) is 40.3. The number of aliphatic hydroxyl groups is 3. The lowest BCUT2D eigenvalue weighted by atomic mass is 9.73. The first-order valence-electron chi connectivity index (χ1n) is 11.7. The standard InChI is InChI=1S/C24H51N3O3/c1-21(2,3)18(28)14-24(15-19(29)22(4,5)6)17-26-11-10-25-12-13-27(24)16-20(30)23(7,8)9/h18-20,25-26,28-30H,10-17H2,1-9H3. The van der Waals surface area contributed by atoms with Crippen molar-refractivity contribution in [3.05, 3.63) is 0 Å². The molecule has 1 fully saturated rings. The van der Waals surface area contributed by atoms with Crippen LogP contribution in [0.5, 0.6) is 0 Å². The van der Waals surface area contributed by atoms with Crippen molar-refractivity contribution >= 4 is 0 Å². The monoisotopic (exact) mass is 429 g/mol. The van der Waals surface area contributed by atoms with Crippen LogP contribution in [0.15, 0.2) is 0 Å². The zero-order valence-electron chi connectivity index (χ0n) is 21.2. The van der Waals surface area contributed by atoms with E-state index in [0.717, 1.165) is 26.2 Å². The number of hydrogen-bond donors (Lipinski definition) is 5.